The first-order valence-corrected chi connectivity index (χ1v) is 8.45. The van der Waals surface area contributed by atoms with Crippen LogP contribution in [0.4, 0.5) is 15.8 Å². The fourth-order valence-corrected chi connectivity index (χ4v) is 3.28. The van der Waals surface area contributed by atoms with E-state index in [0.29, 0.717) is 0 Å². The zero-order valence-corrected chi connectivity index (χ0v) is 14.5. The van der Waals surface area contributed by atoms with Crippen LogP contribution in [0.25, 0.3) is 0 Å². The van der Waals surface area contributed by atoms with E-state index in [9.17, 15) is 19.7 Å². The third-order valence-corrected chi connectivity index (χ3v) is 5.07. The summed E-state index contributed by atoms with van der Waals surface area (Å²) in [5, 5.41) is 13.2. The van der Waals surface area contributed by atoms with Gasteiger partial charge in [-0.2, -0.15) is 0 Å². The fraction of sp³-hybridized carbons (Fsp3) is 0.312. The van der Waals surface area contributed by atoms with Gasteiger partial charge in [0.15, 0.2) is 5.13 Å². The minimum Gasteiger partial charge on any atom is -0.312 e. The summed E-state index contributed by atoms with van der Waals surface area (Å²) in [6.45, 7) is 4.24. The minimum atomic E-state index is -0.562. The Kier molecular flexibility index (Phi) is 4.49. The average molecular weight is 360 g/mol. The number of rotatable bonds is 4. The number of hydrogen-bond acceptors (Lipinski definition) is 6. The van der Waals surface area contributed by atoms with Crippen molar-refractivity contribution in [2.24, 2.45) is 5.92 Å². The number of thiazole rings is 1. The molecular weight excluding hydrogens is 344 g/mol. The Hall–Kier alpha value is -2.81. The van der Waals surface area contributed by atoms with Gasteiger partial charge in [0.1, 0.15) is 6.20 Å². The van der Waals surface area contributed by atoms with Crippen LogP contribution in [0.5, 0.6) is 0 Å². The van der Waals surface area contributed by atoms with Crippen LogP contribution in [0.15, 0.2) is 24.4 Å². The molecule has 0 spiro atoms. The van der Waals surface area contributed by atoms with Gasteiger partial charge in [0.05, 0.1) is 10.8 Å². The maximum Gasteiger partial charge on any atom is 0.345 e. The highest BCUT2D eigenvalue weighted by Gasteiger charge is 2.35. The summed E-state index contributed by atoms with van der Waals surface area (Å²) in [6.07, 6.45) is 1.20. The number of anilines is 2. The van der Waals surface area contributed by atoms with Crippen LogP contribution >= 0.6 is 11.3 Å². The lowest BCUT2D eigenvalue weighted by molar-refractivity contribution is -0.380. The lowest BCUT2D eigenvalue weighted by Crippen LogP contribution is -2.28. The van der Waals surface area contributed by atoms with Gasteiger partial charge in [-0.25, -0.2) is 4.98 Å². The zero-order valence-electron chi connectivity index (χ0n) is 13.7. The number of amides is 2. The molecule has 8 nitrogen and oxygen atoms in total. The van der Waals surface area contributed by atoms with Gasteiger partial charge in [-0.3, -0.25) is 19.7 Å². The second-order valence-electron chi connectivity index (χ2n) is 5.92. The van der Waals surface area contributed by atoms with Crippen molar-refractivity contribution in [3.05, 3.63) is 45.6 Å². The largest absolute Gasteiger partial charge is 0.345 e. The quantitative estimate of drug-likeness (QED) is 0.666. The van der Waals surface area contributed by atoms with E-state index in [4.69, 9.17) is 0 Å². The second-order valence-corrected chi connectivity index (χ2v) is 6.93. The van der Waals surface area contributed by atoms with Crippen LogP contribution in [0.1, 0.15) is 17.5 Å². The van der Waals surface area contributed by atoms with Gasteiger partial charge in [0.25, 0.3) is 0 Å². The summed E-state index contributed by atoms with van der Waals surface area (Å²) >= 11 is 0.789. The van der Waals surface area contributed by atoms with E-state index in [1.165, 1.54) is 0 Å². The molecule has 1 aliphatic heterocycles. The van der Waals surface area contributed by atoms with Crippen molar-refractivity contribution in [3.8, 4) is 0 Å². The third-order valence-electron chi connectivity index (χ3n) is 4.20. The van der Waals surface area contributed by atoms with Gasteiger partial charge in [0.2, 0.25) is 11.8 Å². The third kappa shape index (κ3) is 3.50. The first-order chi connectivity index (χ1) is 11.8. The molecule has 1 fully saturated rings. The Balaban J connectivity index is 1.69. The Morgan fingerprint density at radius 3 is 2.80 bits per heavy atom. The minimum absolute atomic E-state index is 0.103. The number of nitrogens with one attached hydrogen (secondary N) is 1. The van der Waals surface area contributed by atoms with Crippen molar-refractivity contribution in [2.75, 3.05) is 16.8 Å². The van der Waals surface area contributed by atoms with Crippen molar-refractivity contribution in [2.45, 2.75) is 20.3 Å². The zero-order chi connectivity index (χ0) is 18.1. The molecule has 130 valence electrons. The van der Waals surface area contributed by atoms with Crippen molar-refractivity contribution in [1.29, 1.82) is 0 Å². The van der Waals surface area contributed by atoms with Gasteiger partial charge in [-0.15, -0.1) is 0 Å². The summed E-state index contributed by atoms with van der Waals surface area (Å²) in [4.78, 5) is 40.1. The number of hydrogen-bond donors (Lipinski definition) is 1. The molecule has 0 unspecified atom stereocenters. The Labute approximate surface area is 147 Å². The molecule has 1 atom stereocenters. The molecule has 2 amide bonds. The highest BCUT2D eigenvalue weighted by atomic mass is 32.1. The van der Waals surface area contributed by atoms with E-state index < -0.39 is 10.8 Å². The van der Waals surface area contributed by atoms with Crippen LogP contribution in [0.2, 0.25) is 0 Å². The second kappa shape index (κ2) is 6.60. The van der Waals surface area contributed by atoms with E-state index >= 15 is 0 Å². The van der Waals surface area contributed by atoms with Gasteiger partial charge < -0.3 is 10.2 Å². The molecule has 3 rings (SSSR count). The van der Waals surface area contributed by atoms with Crippen LogP contribution < -0.4 is 10.2 Å². The molecule has 2 aromatic rings. The molecule has 0 bridgehead atoms. The molecule has 25 heavy (non-hydrogen) atoms. The van der Waals surface area contributed by atoms with E-state index in [-0.39, 0.29) is 34.9 Å². The SMILES string of the molecule is Cc1ccc(N2C[C@@H](C(=O)Nc3ncc([N+](=O)[O-])s3)CC2=O)cc1C. The van der Waals surface area contributed by atoms with Crippen LogP contribution in [0, 0.1) is 29.9 Å². The lowest BCUT2D eigenvalue weighted by Gasteiger charge is -2.17. The van der Waals surface area contributed by atoms with Gasteiger partial charge in [-0.1, -0.05) is 6.07 Å². The predicted molar refractivity (Wildman–Crippen MR) is 93.8 cm³/mol. The lowest BCUT2D eigenvalue weighted by atomic mass is 10.1. The number of nitrogens with zero attached hydrogens (tertiary/aromatic N) is 3. The topological polar surface area (TPSA) is 105 Å². The summed E-state index contributed by atoms with van der Waals surface area (Å²) < 4.78 is 0. The van der Waals surface area contributed by atoms with E-state index in [1.807, 2.05) is 32.0 Å². The Morgan fingerprint density at radius 2 is 2.16 bits per heavy atom. The normalized spacial score (nSPS) is 17.0. The highest BCUT2D eigenvalue weighted by Crippen LogP contribution is 2.29. The Bertz CT molecular complexity index is 864. The first-order valence-electron chi connectivity index (χ1n) is 7.64. The number of aryl methyl sites for hydroxylation is 2. The molecule has 1 aliphatic rings. The smallest absolute Gasteiger partial charge is 0.312 e. The Morgan fingerprint density at radius 1 is 1.40 bits per heavy atom. The number of aromatic nitrogens is 1. The van der Waals surface area contributed by atoms with Gasteiger partial charge in [0, 0.05) is 18.7 Å². The fourth-order valence-electron chi connectivity index (χ4n) is 2.64. The van der Waals surface area contributed by atoms with Gasteiger partial charge in [-0.05, 0) is 48.4 Å². The van der Waals surface area contributed by atoms with Gasteiger partial charge >= 0.3 is 5.00 Å². The number of carbonyl (C=O) groups is 2. The highest BCUT2D eigenvalue weighted by molar-refractivity contribution is 7.18. The summed E-state index contributed by atoms with van der Waals surface area (Å²) in [7, 11) is 0. The molecular formula is C16H16N4O4S. The van der Waals surface area contributed by atoms with Crippen LogP contribution in [-0.2, 0) is 9.59 Å². The standard InChI is InChI=1S/C16H16N4O4S/c1-9-3-4-12(5-10(9)2)19-8-11(6-13(19)21)15(22)18-16-17-7-14(25-16)20(23)24/h3-5,7,11H,6,8H2,1-2H3,(H,17,18,22)/t11-/m0/s1. The van der Waals surface area contributed by atoms with E-state index in [1.54, 1.807) is 4.90 Å². The molecule has 0 saturated carbocycles. The first kappa shape index (κ1) is 17.0. The number of benzene rings is 1. The summed E-state index contributed by atoms with van der Waals surface area (Å²) in [6, 6.07) is 5.74. The number of nitro groups is 1. The monoisotopic (exact) mass is 360 g/mol. The molecule has 1 N–H and O–H groups in total. The molecule has 0 aliphatic carbocycles. The maximum absolute atomic E-state index is 12.3. The van der Waals surface area contributed by atoms with Crippen molar-refractivity contribution in [3.63, 3.8) is 0 Å². The molecule has 1 saturated heterocycles. The van der Waals surface area contributed by atoms with Crippen LogP contribution in [-0.4, -0.2) is 28.3 Å². The predicted octanol–water partition coefficient (Wildman–Crippen LogP) is 2.66. The number of carbonyl (C=O) groups excluding carboxylic acids is 2. The maximum atomic E-state index is 12.3. The van der Waals surface area contributed by atoms with Crippen molar-refractivity contribution >= 4 is 39.0 Å². The van der Waals surface area contributed by atoms with E-state index in [0.717, 1.165) is 34.3 Å². The van der Waals surface area contributed by atoms with Crippen molar-refractivity contribution in [1.82, 2.24) is 4.98 Å². The molecule has 2 heterocycles. The summed E-state index contributed by atoms with van der Waals surface area (Å²) in [5.41, 5.74) is 2.98. The summed E-state index contributed by atoms with van der Waals surface area (Å²) in [5.74, 6) is -0.991. The molecule has 1 aromatic carbocycles. The van der Waals surface area contributed by atoms with Crippen LogP contribution in [0.3, 0.4) is 0 Å². The molecule has 9 heteroatoms. The van der Waals surface area contributed by atoms with E-state index in [2.05, 4.69) is 10.3 Å². The molecule has 1 aromatic heterocycles. The molecule has 0 radical (unpaired) electrons. The van der Waals surface area contributed by atoms with Crippen molar-refractivity contribution < 1.29 is 14.5 Å². The average Bonchev–Trinajstić information content (AvgIpc) is 3.17.